The number of rotatable bonds is 7. The summed E-state index contributed by atoms with van der Waals surface area (Å²) in [6, 6.07) is 15.0. The van der Waals surface area contributed by atoms with E-state index in [1.807, 2.05) is 47.8 Å². The zero-order valence-corrected chi connectivity index (χ0v) is 17.8. The molecule has 4 aromatic rings. The summed E-state index contributed by atoms with van der Waals surface area (Å²) in [5.74, 6) is 0.588. The lowest BCUT2D eigenvalue weighted by Gasteiger charge is -2.12. The smallest absolute Gasteiger partial charge is 0.262 e. The summed E-state index contributed by atoms with van der Waals surface area (Å²) in [7, 11) is 0. The SMILES string of the molecule is O=c1c2ccccc2nc(SCc2csc(-c3ccccc3Cl)n2)n1CCCO. The minimum atomic E-state index is -0.0819. The molecule has 4 rings (SSSR count). The number of nitrogens with zero attached hydrogens (tertiary/aromatic N) is 3. The molecule has 2 aromatic carbocycles. The van der Waals surface area contributed by atoms with E-state index in [9.17, 15) is 9.90 Å². The molecule has 0 aliphatic heterocycles. The van der Waals surface area contributed by atoms with E-state index in [1.54, 1.807) is 22.0 Å². The van der Waals surface area contributed by atoms with Crippen LogP contribution in [-0.2, 0) is 12.3 Å². The highest BCUT2D eigenvalue weighted by atomic mass is 35.5. The van der Waals surface area contributed by atoms with E-state index in [1.165, 1.54) is 11.8 Å². The van der Waals surface area contributed by atoms with Gasteiger partial charge in [-0.25, -0.2) is 9.97 Å². The Bertz CT molecular complexity index is 1210. The first kappa shape index (κ1) is 20.1. The van der Waals surface area contributed by atoms with Crippen LogP contribution in [0.25, 0.3) is 21.5 Å². The molecule has 0 unspecified atom stereocenters. The van der Waals surface area contributed by atoms with Crippen LogP contribution in [0.3, 0.4) is 0 Å². The number of aromatic nitrogens is 3. The molecule has 8 heteroatoms. The van der Waals surface area contributed by atoms with Crippen molar-refractivity contribution in [2.45, 2.75) is 23.9 Å². The van der Waals surface area contributed by atoms with E-state index in [0.717, 1.165) is 16.3 Å². The third-order valence-corrected chi connectivity index (χ3v) is 6.64. The van der Waals surface area contributed by atoms with Gasteiger partial charge in [-0.15, -0.1) is 11.3 Å². The van der Waals surface area contributed by atoms with Crippen molar-refractivity contribution in [1.82, 2.24) is 14.5 Å². The fraction of sp³-hybridized carbons (Fsp3) is 0.190. The van der Waals surface area contributed by atoms with E-state index in [2.05, 4.69) is 4.98 Å². The van der Waals surface area contributed by atoms with E-state index in [0.29, 0.717) is 39.8 Å². The molecule has 0 fully saturated rings. The average molecular weight is 444 g/mol. The van der Waals surface area contributed by atoms with Crippen molar-refractivity contribution in [2.24, 2.45) is 0 Å². The number of aliphatic hydroxyl groups is 1. The highest BCUT2D eigenvalue weighted by Crippen LogP contribution is 2.31. The zero-order valence-electron chi connectivity index (χ0n) is 15.4. The maximum absolute atomic E-state index is 12.9. The van der Waals surface area contributed by atoms with Gasteiger partial charge >= 0.3 is 0 Å². The number of thiazole rings is 1. The van der Waals surface area contributed by atoms with Crippen molar-refractivity contribution in [2.75, 3.05) is 6.61 Å². The Balaban J connectivity index is 1.61. The molecule has 2 heterocycles. The number of thioether (sulfide) groups is 1. The van der Waals surface area contributed by atoms with Crippen molar-refractivity contribution in [3.05, 3.63) is 75.0 Å². The van der Waals surface area contributed by atoms with Gasteiger partial charge < -0.3 is 5.11 Å². The minimum Gasteiger partial charge on any atom is -0.396 e. The summed E-state index contributed by atoms with van der Waals surface area (Å²) in [5.41, 5.74) is 2.42. The fourth-order valence-electron chi connectivity index (χ4n) is 2.95. The second kappa shape index (κ2) is 9.09. The quantitative estimate of drug-likeness (QED) is 0.326. The Labute approximate surface area is 181 Å². The molecular weight excluding hydrogens is 426 g/mol. The first-order chi connectivity index (χ1) is 14.2. The van der Waals surface area contributed by atoms with Gasteiger partial charge in [-0.05, 0) is 24.6 Å². The van der Waals surface area contributed by atoms with Gasteiger partial charge in [-0.3, -0.25) is 9.36 Å². The largest absolute Gasteiger partial charge is 0.396 e. The lowest BCUT2D eigenvalue weighted by Crippen LogP contribution is -2.24. The first-order valence-corrected chi connectivity index (χ1v) is 11.3. The van der Waals surface area contributed by atoms with Crippen LogP contribution in [0, 0.1) is 0 Å². The molecule has 2 aromatic heterocycles. The molecule has 0 spiro atoms. The molecule has 29 heavy (non-hydrogen) atoms. The molecule has 0 saturated heterocycles. The van der Waals surface area contributed by atoms with Gasteiger partial charge in [0.25, 0.3) is 5.56 Å². The number of benzene rings is 2. The van der Waals surface area contributed by atoms with Crippen molar-refractivity contribution in [1.29, 1.82) is 0 Å². The third kappa shape index (κ3) is 4.38. The van der Waals surface area contributed by atoms with E-state index < -0.39 is 0 Å². The number of hydrogen-bond donors (Lipinski definition) is 1. The Morgan fingerprint density at radius 2 is 1.90 bits per heavy atom. The first-order valence-electron chi connectivity index (χ1n) is 9.10. The highest BCUT2D eigenvalue weighted by Gasteiger charge is 2.13. The molecule has 148 valence electrons. The molecule has 0 aliphatic rings. The fourth-order valence-corrected chi connectivity index (χ4v) is 5.12. The van der Waals surface area contributed by atoms with Crippen molar-refractivity contribution < 1.29 is 5.11 Å². The Morgan fingerprint density at radius 1 is 1.10 bits per heavy atom. The summed E-state index contributed by atoms with van der Waals surface area (Å²) in [4.78, 5) is 22.3. The van der Waals surface area contributed by atoms with Gasteiger partial charge in [0, 0.05) is 29.8 Å². The normalized spacial score (nSPS) is 11.2. The van der Waals surface area contributed by atoms with Crippen LogP contribution in [0.5, 0.6) is 0 Å². The van der Waals surface area contributed by atoms with Crippen LogP contribution < -0.4 is 5.56 Å². The van der Waals surface area contributed by atoms with Crippen LogP contribution in [0.15, 0.2) is 63.9 Å². The molecular formula is C21H18ClN3O2S2. The predicted octanol–water partition coefficient (Wildman–Crippen LogP) is 4.85. The van der Waals surface area contributed by atoms with Gasteiger partial charge in [-0.2, -0.15) is 0 Å². The highest BCUT2D eigenvalue weighted by molar-refractivity contribution is 7.98. The Hall–Kier alpha value is -2.19. The molecule has 0 atom stereocenters. The third-order valence-electron chi connectivity index (χ3n) is 4.37. The minimum absolute atomic E-state index is 0.0245. The average Bonchev–Trinajstić information content (AvgIpc) is 3.21. The number of hydrogen-bond acceptors (Lipinski definition) is 6. The monoisotopic (exact) mass is 443 g/mol. The Kier molecular flexibility index (Phi) is 6.30. The summed E-state index contributed by atoms with van der Waals surface area (Å²) in [5, 5.41) is 14.0. The maximum atomic E-state index is 12.9. The van der Waals surface area contributed by atoms with Crippen LogP contribution in [0.4, 0.5) is 0 Å². The van der Waals surface area contributed by atoms with Crippen LogP contribution in [0.1, 0.15) is 12.1 Å². The number of fused-ring (bicyclic) bond motifs is 1. The van der Waals surface area contributed by atoms with Crippen LogP contribution in [0.2, 0.25) is 5.02 Å². The molecule has 5 nitrogen and oxygen atoms in total. The molecule has 0 radical (unpaired) electrons. The second-order valence-electron chi connectivity index (χ2n) is 6.36. The number of para-hydroxylation sites is 1. The topological polar surface area (TPSA) is 68.0 Å². The van der Waals surface area contributed by atoms with E-state index in [4.69, 9.17) is 16.6 Å². The van der Waals surface area contributed by atoms with Gasteiger partial charge in [0.2, 0.25) is 0 Å². The van der Waals surface area contributed by atoms with Crippen LogP contribution >= 0.6 is 34.7 Å². The molecule has 0 bridgehead atoms. The standard InChI is InChI=1S/C21H18ClN3O2S2/c22-17-8-3-1-6-15(17)19-23-14(12-28-19)13-29-21-24-18-9-4-2-7-16(18)20(27)25(21)10-5-11-26/h1-4,6-9,12,26H,5,10-11,13H2. The van der Waals surface area contributed by atoms with Gasteiger partial charge in [0.1, 0.15) is 5.01 Å². The van der Waals surface area contributed by atoms with Crippen molar-refractivity contribution in [3.63, 3.8) is 0 Å². The summed E-state index contributed by atoms with van der Waals surface area (Å²) in [6.45, 7) is 0.452. The lowest BCUT2D eigenvalue weighted by molar-refractivity contribution is 0.276. The van der Waals surface area contributed by atoms with E-state index in [-0.39, 0.29) is 12.2 Å². The Morgan fingerprint density at radius 3 is 2.72 bits per heavy atom. The number of halogens is 1. The summed E-state index contributed by atoms with van der Waals surface area (Å²) in [6.07, 6.45) is 0.501. The van der Waals surface area contributed by atoms with Crippen molar-refractivity contribution >= 4 is 45.6 Å². The zero-order chi connectivity index (χ0) is 20.2. The van der Waals surface area contributed by atoms with Crippen molar-refractivity contribution in [3.8, 4) is 10.6 Å². The number of aliphatic hydroxyl groups excluding tert-OH is 1. The van der Waals surface area contributed by atoms with Gasteiger partial charge in [-0.1, -0.05) is 53.7 Å². The lowest BCUT2D eigenvalue weighted by atomic mass is 10.2. The van der Waals surface area contributed by atoms with Gasteiger partial charge in [0.05, 0.1) is 21.6 Å². The maximum Gasteiger partial charge on any atom is 0.262 e. The second-order valence-corrected chi connectivity index (χ2v) is 8.57. The summed E-state index contributed by atoms with van der Waals surface area (Å²) < 4.78 is 1.64. The van der Waals surface area contributed by atoms with Crippen LogP contribution in [-0.4, -0.2) is 26.2 Å². The molecule has 0 aliphatic carbocycles. The van der Waals surface area contributed by atoms with E-state index >= 15 is 0 Å². The predicted molar refractivity (Wildman–Crippen MR) is 120 cm³/mol. The summed E-state index contributed by atoms with van der Waals surface area (Å²) >= 11 is 9.29. The molecule has 1 N–H and O–H groups in total. The molecule has 0 saturated carbocycles. The van der Waals surface area contributed by atoms with Gasteiger partial charge in [0.15, 0.2) is 5.16 Å². The molecule has 0 amide bonds.